The van der Waals surface area contributed by atoms with Crippen molar-refractivity contribution in [3.63, 3.8) is 0 Å². The second-order valence-corrected chi connectivity index (χ2v) is 6.53. The van der Waals surface area contributed by atoms with Crippen LogP contribution in [0.1, 0.15) is 5.56 Å². The zero-order valence-corrected chi connectivity index (χ0v) is 14.8. The van der Waals surface area contributed by atoms with E-state index in [0.29, 0.717) is 0 Å². The normalized spacial score (nSPS) is 10.5. The molecule has 26 heavy (non-hydrogen) atoms. The van der Waals surface area contributed by atoms with E-state index >= 15 is 0 Å². The first-order valence-electron chi connectivity index (χ1n) is 7.86. The average Bonchev–Trinajstić information content (AvgIpc) is 2.63. The van der Waals surface area contributed by atoms with Crippen LogP contribution >= 0.6 is 11.8 Å². The molecule has 1 N–H and O–H groups in total. The lowest BCUT2D eigenvalue weighted by Gasteiger charge is -2.08. The van der Waals surface area contributed by atoms with Gasteiger partial charge in [0.2, 0.25) is 5.91 Å². The smallest absolute Gasteiger partial charge is 0.287 e. The van der Waals surface area contributed by atoms with Crippen molar-refractivity contribution >= 4 is 23.4 Å². The van der Waals surface area contributed by atoms with Crippen LogP contribution in [0, 0.1) is 12.7 Å². The maximum atomic E-state index is 13.6. The molecule has 132 valence electrons. The molecule has 0 aliphatic heterocycles. The highest BCUT2D eigenvalue weighted by Crippen LogP contribution is 2.16. The largest absolute Gasteiger partial charge is 0.323 e. The van der Waals surface area contributed by atoms with Crippen molar-refractivity contribution in [2.75, 3.05) is 11.1 Å². The summed E-state index contributed by atoms with van der Waals surface area (Å²) in [6.45, 7) is 1.94. The van der Waals surface area contributed by atoms with Gasteiger partial charge in [-0.15, -0.1) is 0 Å². The van der Waals surface area contributed by atoms with Crippen molar-refractivity contribution in [2.24, 2.45) is 0 Å². The molecule has 5 nitrogen and oxygen atoms in total. The first-order valence-corrected chi connectivity index (χ1v) is 8.85. The van der Waals surface area contributed by atoms with Crippen LogP contribution in [-0.4, -0.2) is 21.2 Å². The monoisotopic (exact) mass is 369 g/mol. The summed E-state index contributed by atoms with van der Waals surface area (Å²) in [7, 11) is 0. The molecular formula is C19H16FN3O2S. The summed E-state index contributed by atoms with van der Waals surface area (Å²) in [5.41, 5.74) is 1.57. The fraction of sp³-hybridized carbons (Fsp3) is 0.105. The molecule has 0 aliphatic rings. The zero-order chi connectivity index (χ0) is 18.5. The minimum absolute atomic E-state index is 0.0472. The number of nitrogens with one attached hydrogen (secondary N) is 1. The van der Waals surface area contributed by atoms with Crippen molar-refractivity contribution in [2.45, 2.75) is 11.9 Å². The minimum atomic E-state index is -0.509. The number of hydrogen-bond acceptors (Lipinski definition) is 4. The molecular weight excluding hydrogens is 353 g/mol. The second-order valence-electron chi connectivity index (χ2n) is 5.56. The first kappa shape index (κ1) is 17.9. The lowest BCUT2D eigenvalue weighted by atomic mass is 10.2. The molecule has 0 bridgehead atoms. The topological polar surface area (TPSA) is 64.0 Å². The van der Waals surface area contributed by atoms with E-state index in [9.17, 15) is 14.0 Å². The summed E-state index contributed by atoms with van der Waals surface area (Å²) in [5.74, 6) is -0.966. The number of carbonyl (C=O) groups excluding carboxylic acids is 1. The molecule has 0 saturated heterocycles. The average molecular weight is 369 g/mol. The minimum Gasteiger partial charge on any atom is -0.323 e. The highest BCUT2D eigenvalue weighted by atomic mass is 32.2. The Balaban J connectivity index is 1.73. The van der Waals surface area contributed by atoms with Crippen molar-refractivity contribution in [1.29, 1.82) is 0 Å². The fourth-order valence-electron chi connectivity index (χ4n) is 2.36. The van der Waals surface area contributed by atoms with Gasteiger partial charge in [-0.1, -0.05) is 36.0 Å². The van der Waals surface area contributed by atoms with Gasteiger partial charge in [0.1, 0.15) is 5.82 Å². The van der Waals surface area contributed by atoms with E-state index < -0.39 is 11.7 Å². The molecule has 7 heteroatoms. The molecule has 0 radical (unpaired) electrons. The molecule has 0 spiro atoms. The molecule has 1 amide bonds. The SMILES string of the molecule is Cc1cccc(-n2ccnc(SCC(=O)Nc3ccccc3F)c2=O)c1. The van der Waals surface area contributed by atoms with Crippen LogP contribution in [0.4, 0.5) is 10.1 Å². The number of amides is 1. The van der Waals surface area contributed by atoms with Crippen LogP contribution < -0.4 is 10.9 Å². The predicted octanol–water partition coefficient (Wildman–Crippen LogP) is 3.41. The van der Waals surface area contributed by atoms with Gasteiger partial charge in [-0.3, -0.25) is 14.2 Å². The Morgan fingerprint density at radius 2 is 2.04 bits per heavy atom. The van der Waals surface area contributed by atoms with Crippen molar-refractivity contribution in [3.8, 4) is 5.69 Å². The third-order valence-electron chi connectivity index (χ3n) is 3.58. The molecule has 2 aromatic carbocycles. The van der Waals surface area contributed by atoms with Crippen LogP contribution in [0.2, 0.25) is 0 Å². The molecule has 0 atom stereocenters. The van der Waals surface area contributed by atoms with Crippen LogP contribution in [0.3, 0.4) is 0 Å². The zero-order valence-electron chi connectivity index (χ0n) is 14.0. The number of anilines is 1. The molecule has 1 heterocycles. The Morgan fingerprint density at radius 3 is 2.81 bits per heavy atom. The van der Waals surface area contributed by atoms with Crippen molar-refractivity contribution < 1.29 is 9.18 Å². The standard InChI is InChI=1S/C19H16FN3O2S/c1-13-5-4-6-14(11-13)23-10-9-21-18(19(23)25)26-12-17(24)22-16-8-3-2-7-15(16)20/h2-11H,12H2,1H3,(H,22,24). The molecule has 0 aliphatic carbocycles. The number of thioether (sulfide) groups is 1. The van der Waals surface area contributed by atoms with Crippen LogP contribution in [-0.2, 0) is 4.79 Å². The van der Waals surface area contributed by atoms with Gasteiger partial charge < -0.3 is 5.32 Å². The lowest BCUT2D eigenvalue weighted by Crippen LogP contribution is -2.22. The number of nitrogens with zero attached hydrogens (tertiary/aromatic N) is 2. The molecule has 3 rings (SSSR count). The third kappa shape index (κ3) is 4.18. The molecule has 0 fully saturated rings. The maximum absolute atomic E-state index is 13.6. The molecule has 1 aromatic heterocycles. The Hall–Kier alpha value is -2.93. The Morgan fingerprint density at radius 1 is 1.23 bits per heavy atom. The van der Waals surface area contributed by atoms with E-state index in [2.05, 4.69) is 10.3 Å². The van der Waals surface area contributed by atoms with Crippen LogP contribution in [0.25, 0.3) is 5.69 Å². The number of benzene rings is 2. The van der Waals surface area contributed by atoms with Gasteiger partial charge in [-0.05, 0) is 36.8 Å². The summed E-state index contributed by atoms with van der Waals surface area (Å²) in [6, 6.07) is 13.4. The number of rotatable bonds is 5. The Bertz CT molecular complexity index is 1000. The van der Waals surface area contributed by atoms with Gasteiger partial charge in [-0.2, -0.15) is 0 Å². The summed E-state index contributed by atoms with van der Waals surface area (Å²) in [5, 5.41) is 2.69. The van der Waals surface area contributed by atoms with Crippen LogP contribution in [0.15, 0.2) is 70.7 Å². The number of halogens is 1. The van der Waals surface area contributed by atoms with Gasteiger partial charge in [0.15, 0.2) is 5.03 Å². The second kappa shape index (κ2) is 7.97. The number of para-hydroxylation sites is 1. The molecule has 0 unspecified atom stereocenters. The lowest BCUT2D eigenvalue weighted by molar-refractivity contribution is -0.113. The van der Waals surface area contributed by atoms with Gasteiger partial charge in [0.05, 0.1) is 11.4 Å². The van der Waals surface area contributed by atoms with E-state index in [-0.39, 0.29) is 22.0 Å². The van der Waals surface area contributed by atoms with Gasteiger partial charge in [0, 0.05) is 18.1 Å². The third-order valence-corrected chi connectivity index (χ3v) is 4.54. The predicted molar refractivity (Wildman–Crippen MR) is 100 cm³/mol. The quantitative estimate of drug-likeness (QED) is 0.700. The number of aryl methyl sites for hydroxylation is 1. The van der Waals surface area contributed by atoms with Gasteiger partial charge in [0.25, 0.3) is 5.56 Å². The number of hydrogen-bond donors (Lipinski definition) is 1. The highest BCUT2D eigenvalue weighted by molar-refractivity contribution is 7.99. The van der Waals surface area contributed by atoms with E-state index in [1.165, 1.54) is 22.9 Å². The van der Waals surface area contributed by atoms with E-state index in [0.717, 1.165) is 23.0 Å². The van der Waals surface area contributed by atoms with E-state index in [1.807, 2.05) is 31.2 Å². The van der Waals surface area contributed by atoms with Crippen molar-refractivity contribution in [3.05, 3.63) is 82.7 Å². The Labute approximate surface area is 153 Å². The molecule has 3 aromatic rings. The fourth-order valence-corrected chi connectivity index (χ4v) is 3.05. The van der Waals surface area contributed by atoms with E-state index in [4.69, 9.17) is 0 Å². The summed E-state index contributed by atoms with van der Waals surface area (Å²) in [6.07, 6.45) is 3.10. The Kier molecular flexibility index (Phi) is 5.48. The summed E-state index contributed by atoms with van der Waals surface area (Å²) < 4.78 is 15.0. The summed E-state index contributed by atoms with van der Waals surface area (Å²) >= 11 is 1.01. The van der Waals surface area contributed by atoms with E-state index in [1.54, 1.807) is 18.3 Å². The maximum Gasteiger partial charge on any atom is 0.287 e. The van der Waals surface area contributed by atoms with Crippen LogP contribution in [0.5, 0.6) is 0 Å². The van der Waals surface area contributed by atoms with Gasteiger partial charge >= 0.3 is 0 Å². The number of aromatic nitrogens is 2. The summed E-state index contributed by atoms with van der Waals surface area (Å²) in [4.78, 5) is 28.7. The number of carbonyl (C=O) groups is 1. The van der Waals surface area contributed by atoms with Crippen molar-refractivity contribution in [1.82, 2.24) is 9.55 Å². The first-order chi connectivity index (χ1) is 12.5. The van der Waals surface area contributed by atoms with Gasteiger partial charge in [-0.25, -0.2) is 9.37 Å². The molecule has 0 saturated carbocycles. The highest BCUT2D eigenvalue weighted by Gasteiger charge is 2.11.